The molecule has 1 fully saturated rings. The Morgan fingerprint density at radius 2 is 2.09 bits per heavy atom. The van der Waals surface area contributed by atoms with Gasteiger partial charge >= 0.3 is 0 Å². The Labute approximate surface area is 131 Å². The molecule has 2 aromatic heterocycles. The molecule has 0 spiro atoms. The van der Waals surface area contributed by atoms with Gasteiger partial charge < -0.3 is 0 Å². The zero-order valence-corrected chi connectivity index (χ0v) is 12.6. The number of thiazole rings is 1. The molecule has 0 atom stereocenters. The second kappa shape index (κ2) is 5.38. The van der Waals surface area contributed by atoms with Gasteiger partial charge in [0, 0.05) is 17.0 Å². The third-order valence-corrected chi connectivity index (χ3v) is 4.42. The molecule has 0 radical (unpaired) electrons. The molecule has 2 heterocycles. The average Bonchev–Trinajstić information content (AvgIpc) is 3.10. The smallest absolute Gasteiger partial charge is 0.276 e. The number of benzene rings is 1. The first-order valence-corrected chi connectivity index (χ1v) is 8.04. The zero-order chi connectivity index (χ0) is 14.9. The minimum Gasteiger partial charge on any atom is -0.296 e. The third-order valence-electron chi connectivity index (χ3n) is 3.64. The van der Waals surface area contributed by atoms with Crippen LogP contribution in [0.5, 0.6) is 0 Å². The van der Waals surface area contributed by atoms with E-state index in [1.165, 1.54) is 24.2 Å². The molecule has 0 aliphatic heterocycles. The Kier molecular flexibility index (Phi) is 3.23. The van der Waals surface area contributed by atoms with Crippen molar-refractivity contribution in [2.75, 3.05) is 5.32 Å². The fraction of sp³-hybridized carbons (Fsp3) is 0.188. The number of hydrogen-bond donors (Lipinski definition) is 1. The van der Waals surface area contributed by atoms with Gasteiger partial charge in [0.1, 0.15) is 5.69 Å². The molecule has 0 saturated heterocycles. The number of nitrogens with one attached hydrogen (secondary N) is 1. The van der Waals surface area contributed by atoms with E-state index in [-0.39, 0.29) is 5.91 Å². The lowest BCUT2D eigenvalue weighted by Gasteiger charge is -2.07. The number of para-hydroxylation sites is 1. The summed E-state index contributed by atoms with van der Waals surface area (Å²) in [6.07, 6.45) is 5.62. The molecule has 3 aromatic rings. The quantitative estimate of drug-likeness (QED) is 0.803. The summed E-state index contributed by atoms with van der Waals surface area (Å²) >= 11 is 1.47. The summed E-state index contributed by atoms with van der Waals surface area (Å²) in [7, 11) is 0. The largest absolute Gasteiger partial charge is 0.296 e. The summed E-state index contributed by atoms with van der Waals surface area (Å²) < 4.78 is 1.77. The Morgan fingerprint density at radius 3 is 2.86 bits per heavy atom. The Bertz CT molecular complexity index is 804. The Morgan fingerprint density at radius 1 is 1.27 bits per heavy atom. The molecule has 6 heteroatoms. The van der Waals surface area contributed by atoms with Crippen molar-refractivity contribution >= 4 is 22.4 Å². The first kappa shape index (κ1) is 13.2. The van der Waals surface area contributed by atoms with Crippen LogP contribution in [0.15, 0.2) is 48.2 Å². The predicted molar refractivity (Wildman–Crippen MR) is 85.6 cm³/mol. The van der Waals surface area contributed by atoms with Gasteiger partial charge in [-0.25, -0.2) is 9.97 Å². The molecule has 110 valence electrons. The van der Waals surface area contributed by atoms with E-state index in [1.54, 1.807) is 17.1 Å². The first-order chi connectivity index (χ1) is 10.8. The number of imidazole rings is 1. The minimum atomic E-state index is -0.196. The van der Waals surface area contributed by atoms with Crippen molar-refractivity contribution in [3.8, 4) is 5.69 Å². The average molecular weight is 310 g/mol. The van der Waals surface area contributed by atoms with Crippen LogP contribution in [-0.2, 0) is 0 Å². The van der Waals surface area contributed by atoms with Gasteiger partial charge in [0.05, 0.1) is 18.2 Å². The molecule has 0 bridgehead atoms. The van der Waals surface area contributed by atoms with Crippen LogP contribution in [0.25, 0.3) is 5.69 Å². The monoisotopic (exact) mass is 310 g/mol. The van der Waals surface area contributed by atoms with Crippen LogP contribution < -0.4 is 5.32 Å². The summed E-state index contributed by atoms with van der Waals surface area (Å²) in [5.74, 6) is 0.398. The lowest BCUT2D eigenvalue weighted by molar-refractivity contribution is 0.102. The van der Waals surface area contributed by atoms with Gasteiger partial charge in [0.2, 0.25) is 0 Å². The van der Waals surface area contributed by atoms with E-state index >= 15 is 0 Å². The number of rotatable bonds is 4. The van der Waals surface area contributed by atoms with Gasteiger partial charge in [-0.3, -0.25) is 14.7 Å². The van der Waals surface area contributed by atoms with Crippen LogP contribution in [0.4, 0.5) is 5.13 Å². The maximum Gasteiger partial charge on any atom is 0.276 e. The molecule has 4 rings (SSSR count). The van der Waals surface area contributed by atoms with Crippen molar-refractivity contribution in [1.29, 1.82) is 0 Å². The number of aromatic nitrogens is 3. The molecule has 22 heavy (non-hydrogen) atoms. The molecule has 1 amide bonds. The SMILES string of the molecule is O=C(Nc1nc(C2CC2)cs1)c1cncn1-c1ccccc1. The van der Waals surface area contributed by atoms with E-state index in [2.05, 4.69) is 15.3 Å². The van der Waals surface area contributed by atoms with Gasteiger partial charge in [0.25, 0.3) is 5.91 Å². The zero-order valence-electron chi connectivity index (χ0n) is 11.8. The van der Waals surface area contributed by atoms with Crippen molar-refractivity contribution in [3.05, 3.63) is 59.6 Å². The second-order valence-corrected chi connectivity index (χ2v) is 6.15. The normalized spacial score (nSPS) is 14.0. The minimum absolute atomic E-state index is 0.196. The van der Waals surface area contributed by atoms with Crippen molar-refractivity contribution in [3.63, 3.8) is 0 Å². The van der Waals surface area contributed by atoms with E-state index in [4.69, 9.17) is 0 Å². The van der Waals surface area contributed by atoms with Crippen LogP contribution in [-0.4, -0.2) is 20.4 Å². The second-order valence-electron chi connectivity index (χ2n) is 5.29. The standard InChI is InChI=1S/C16H14N4OS/c21-15(19-16-18-13(9-22-16)11-6-7-11)14-8-17-10-20(14)12-4-2-1-3-5-12/h1-5,8-11H,6-7H2,(H,18,19,21). The molecular formula is C16H14N4OS. The Hall–Kier alpha value is -2.47. The van der Waals surface area contributed by atoms with Gasteiger partial charge in [-0.2, -0.15) is 0 Å². The van der Waals surface area contributed by atoms with E-state index in [0.717, 1.165) is 11.4 Å². The van der Waals surface area contributed by atoms with E-state index in [9.17, 15) is 4.79 Å². The van der Waals surface area contributed by atoms with Gasteiger partial charge in [-0.05, 0) is 25.0 Å². The lowest BCUT2D eigenvalue weighted by atomic mass is 10.3. The highest BCUT2D eigenvalue weighted by molar-refractivity contribution is 7.14. The predicted octanol–water partition coefficient (Wildman–Crippen LogP) is 3.46. The molecule has 1 aliphatic rings. The van der Waals surface area contributed by atoms with E-state index < -0.39 is 0 Å². The molecule has 1 aliphatic carbocycles. The van der Waals surface area contributed by atoms with E-state index in [1.807, 2.05) is 35.7 Å². The van der Waals surface area contributed by atoms with Crippen molar-refractivity contribution < 1.29 is 4.79 Å². The van der Waals surface area contributed by atoms with E-state index in [0.29, 0.717) is 16.7 Å². The van der Waals surface area contributed by atoms with Gasteiger partial charge in [0.15, 0.2) is 5.13 Å². The van der Waals surface area contributed by atoms with Gasteiger partial charge in [-0.1, -0.05) is 18.2 Å². The highest BCUT2D eigenvalue weighted by Crippen LogP contribution is 2.40. The van der Waals surface area contributed by atoms with Crippen LogP contribution >= 0.6 is 11.3 Å². The molecule has 5 nitrogen and oxygen atoms in total. The van der Waals surface area contributed by atoms with Crippen LogP contribution in [0.2, 0.25) is 0 Å². The van der Waals surface area contributed by atoms with Crippen molar-refractivity contribution in [1.82, 2.24) is 14.5 Å². The number of carbonyl (C=O) groups excluding carboxylic acids is 1. The molecule has 1 saturated carbocycles. The molecular weight excluding hydrogens is 296 g/mol. The third kappa shape index (κ3) is 2.53. The Balaban J connectivity index is 1.56. The summed E-state index contributed by atoms with van der Waals surface area (Å²) in [6.45, 7) is 0. The topological polar surface area (TPSA) is 59.8 Å². The van der Waals surface area contributed by atoms with Crippen LogP contribution in [0.3, 0.4) is 0 Å². The van der Waals surface area contributed by atoms with Crippen molar-refractivity contribution in [2.45, 2.75) is 18.8 Å². The summed E-state index contributed by atoms with van der Waals surface area (Å²) in [4.78, 5) is 21.0. The number of amides is 1. The summed E-state index contributed by atoms with van der Waals surface area (Å²) in [5, 5.41) is 5.54. The fourth-order valence-corrected chi connectivity index (χ4v) is 3.12. The van der Waals surface area contributed by atoms with Crippen molar-refractivity contribution in [2.24, 2.45) is 0 Å². The number of nitrogens with zero attached hydrogens (tertiary/aromatic N) is 3. The maximum absolute atomic E-state index is 12.5. The number of hydrogen-bond acceptors (Lipinski definition) is 4. The molecule has 0 unspecified atom stereocenters. The number of anilines is 1. The highest BCUT2D eigenvalue weighted by Gasteiger charge is 2.26. The summed E-state index contributed by atoms with van der Waals surface area (Å²) in [6, 6.07) is 9.68. The lowest BCUT2D eigenvalue weighted by Crippen LogP contribution is -2.16. The number of carbonyl (C=O) groups is 1. The molecule has 1 N–H and O–H groups in total. The van der Waals surface area contributed by atoms with Gasteiger partial charge in [-0.15, -0.1) is 11.3 Å². The van der Waals surface area contributed by atoms with Crippen LogP contribution in [0.1, 0.15) is 34.9 Å². The summed E-state index contributed by atoms with van der Waals surface area (Å²) in [5.41, 5.74) is 2.49. The fourth-order valence-electron chi connectivity index (χ4n) is 2.33. The van der Waals surface area contributed by atoms with Crippen LogP contribution in [0, 0.1) is 0 Å². The first-order valence-electron chi connectivity index (χ1n) is 7.16. The molecule has 1 aromatic carbocycles. The highest BCUT2D eigenvalue weighted by atomic mass is 32.1. The maximum atomic E-state index is 12.5.